The summed E-state index contributed by atoms with van der Waals surface area (Å²) in [5, 5.41) is 3.77. The largest absolute Gasteiger partial charge is 0.366 e. The van der Waals surface area contributed by atoms with Crippen LogP contribution in [0.4, 0.5) is 5.82 Å². The first-order chi connectivity index (χ1) is 8.83. The quantitative estimate of drug-likeness (QED) is 0.847. The third kappa shape index (κ3) is 2.01. The molecule has 2 bridgehead atoms. The number of nitrogens with one attached hydrogen (secondary N) is 1. The summed E-state index contributed by atoms with van der Waals surface area (Å²) in [6.07, 6.45) is 6.01. The number of aromatic nitrogens is 1. The van der Waals surface area contributed by atoms with Crippen molar-refractivity contribution < 1.29 is 0 Å². The van der Waals surface area contributed by atoms with Crippen LogP contribution in [-0.2, 0) is 0 Å². The molecular weight excluding hydrogens is 300 g/mol. The Kier molecular flexibility index (Phi) is 2.97. The van der Waals surface area contributed by atoms with E-state index >= 15 is 0 Å². The molecule has 19 heavy (non-hydrogen) atoms. The van der Waals surface area contributed by atoms with E-state index in [1.54, 1.807) is 0 Å². The van der Waals surface area contributed by atoms with Crippen LogP contribution in [-0.4, -0.2) is 11.0 Å². The number of hydrogen-bond donors (Lipinski definition) is 1. The lowest BCUT2D eigenvalue weighted by molar-refractivity contribution is 0.155. The molecular formula is C16H23BrN2. The molecule has 2 saturated carbocycles. The molecule has 0 aromatic carbocycles. The second-order valence-electron chi connectivity index (χ2n) is 7.31. The minimum Gasteiger partial charge on any atom is -0.366 e. The van der Waals surface area contributed by atoms with E-state index in [9.17, 15) is 0 Å². The van der Waals surface area contributed by atoms with Crippen molar-refractivity contribution in [2.45, 2.75) is 53.0 Å². The number of fused-ring (bicyclic) bond motifs is 2. The van der Waals surface area contributed by atoms with Crippen LogP contribution in [0.1, 0.15) is 45.6 Å². The van der Waals surface area contributed by atoms with Gasteiger partial charge in [0.2, 0.25) is 0 Å². The molecule has 2 aliphatic rings. The van der Waals surface area contributed by atoms with Crippen molar-refractivity contribution in [2.24, 2.45) is 16.7 Å². The van der Waals surface area contributed by atoms with Gasteiger partial charge in [-0.25, -0.2) is 4.98 Å². The van der Waals surface area contributed by atoms with Gasteiger partial charge in [0, 0.05) is 16.7 Å². The molecule has 3 rings (SSSR count). The Labute approximate surface area is 124 Å². The van der Waals surface area contributed by atoms with Crippen molar-refractivity contribution in [3.63, 3.8) is 0 Å². The number of rotatable bonds is 2. The first kappa shape index (κ1) is 13.4. The lowest BCUT2D eigenvalue weighted by Gasteiger charge is -2.43. The summed E-state index contributed by atoms with van der Waals surface area (Å²) in [4.78, 5) is 4.56. The van der Waals surface area contributed by atoms with Crippen molar-refractivity contribution in [3.8, 4) is 0 Å². The van der Waals surface area contributed by atoms with Gasteiger partial charge in [-0.3, -0.25) is 0 Å². The predicted octanol–water partition coefficient (Wildman–Crippen LogP) is 4.78. The lowest BCUT2D eigenvalue weighted by Crippen LogP contribution is -2.46. The molecule has 1 aromatic rings. The van der Waals surface area contributed by atoms with Crippen LogP contribution in [0, 0.1) is 23.7 Å². The fraction of sp³-hybridized carbons (Fsp3) is 0.688. The van der Waals surface area contributed by atoms with Gasteiger partial charge in [0.05, 0.1) is 0 Å². The molecule has 104 valence electrons. The zero-order valence-electron chi connectivity index (χ0n) is 12.3. The van der Waals surface area contributed by atoms with Crippen LogP contribution in [0.2, 0.25) is 0 Å². The SMILES string of the molecule is Cc1cc(Br)cnc1NC1C2(C)CCC(C2)C1(C)C. The maximum Gasteiger partial charge on any atom is 0.129 e. The van der Waals surface area contributed by atoms with Gasteiger partial charge in [-0.1, -0.05) is 20.8 Å². The van der Waals surface area contributed by atoms with Crippen LogP contribution in [0.15, 0.2) is 16.7 Å². The molecule has 1 aromatic heterocycles. The van der Waals surface area contributed by atoms with E-state index in [1.165, 1.54) is 24.8 Å². The van der Waals surface area contributed by atoms with Gasteiger partial charge in [-0.15, -0.1) is 0 Å². The van der Waals surface area contributed by atoms with Gasteiger partial charge < -0.3 is 5.32 Å². The highest BCUT2D eigenvalue weighted by Gasteiger charge is 2.59. The normalized spacial score (nSPS) is 35.6. The average Bonchev–Trinajstić information content (AvgIpc) is 2.78. The van der Waals surface area contributed by atoms with Crippen molar-refractivity contribution in [2.75, 3.05) is 5.32 Å². The lowest BCUT2D eigenvalue weighted by atomic mass is 9.68. The molecule has 3 heteroatoms. The van der Waals surface area contributed by atoms with Crippen molar-refractivity contribution in [1.82, 2.24) is 4.98 Å². The Morgan fingerprint density at radius 1 is 1.37 bits per heavy atom. The molecule has 2 fully saturated rings. The Balaban J connectivity index is 1.90. The molecule has 0 saturated heterocycles. The first-order valence-electron chi connectivity index (χ1n) is 7.22. The van der Waals surface area contributed by atoms with Gasteiger partial charge in [-0.05, 0) is 70.5 Å². The van der Waals surface area contributed by atoms with Crippen LogP contribution in [0.25, 0.3) is 0 Å². The monoisotopic (exact) mass is 322 g/mol. The average molecular weight is 323 g/mol. The third-order valence-electron chi connectivity index (χ3n) is 5.60. The van der Waals surface area contributed by atoms with Crippen LogP contribution < -0.4 is 5.32 Å². The second kappa shape index (κ2) is 4.21. The maximum atomic E-state index is 4.56. The molecule has 1 N–H and O–H groups in total. The van der Waals surface area contributed by atoms with E-state index < -0.39 is 0 Å². The van der Waals surface area contributed by atoms with Crippen LogP contribution in [0.3, 0.4) is 0 Å². The van der Waals surface area contributed by atoms with Crippen molar-refractivity contribution in [1.29, 1.82) is 0 Å². The molecule has 2 aliphatic carbocycles. The van der Waals surface area contributed by atoms with E-state index in [0.29, 0.717) is 16.9 Å². The van der Waals surface area contributed by atoms with E-state index in [4.69, 9.17) is 0 Å². The number of anilines is 1. The summed E-state index contributed by atoms with van der Waals surface area (Å²) in [6, 6.07) is 2.67. The highest BCUT2D eigenvalue weighted by Crippen LogP contribution is 2.63. The molecule has 3 unspecified atom stereocenters. The summed E-state index contributed by atoms with van der Waals surface area (Å²) in [5.74, 6) is 1.92. The number of aryl methyl sites for hydroxylation is 1. The van der Waals surface area contributed by atoms with Gasteiger partial charge in [-0.2, -0.15) is 0 Å². The summed E-state index contributed by atoms with van der Waals surface area (Å²) in [5.41, 5.74) is 2.03. The van der Waals surface area contributed by atoms with Crippen molar-refractivity contribution in [3.05, 3.63) is 22.3 Å². The number of pyridine rings is 1. The molecule has 0 amide bonds. The maximum absolute atomic E-state index is 4.56. The Bertz CT molecular complexity index is 507. The minimum atomic E-state index is 0.369. The smallest absolute Gasteiger partial charge is 0.129 e. The van der Waals surface area contributed by atoms with E-state index in [-0.39, 0.29) is 0 Å². The number of nitrogens with zero attached hydrogens (tertiary/aromatic N) is 1. The molecule has 0 spiro atoms. The Morgan fingerprint density at radius 2 is 2.11 bits per heavy atom. The second-order valence-corrected chi connectivity index (χ2v) is 8.23. The molecule has 1 heterocycles. The van der Waals surface area contributed by atoms with Crippen molar-refractivity contribution >= 4 is 21.7 Å². The van der Waals surface area contributed by atoms with Gasteiger partial charge >= 0.3 is 0 Å². The van der Waals surface area contributed by atoms with Gasteiger partial charge in [0.15, 0.2) is 0 Å². The Hall–Kier alpha value is -0.570. The van der Waals surface area contributed by atoms with Gasteiger partial charge in [0.25, 0.3) is 0 Å². The zero-order chi connectivity index (χ0) is 13.8. The van der Waals surface area contributed by atoms with Crippen LogP contribution in [0.5, 0.6) is 0 Å². The molecule has 2 nitrogen and oxygen atoms in total. The fourth-order valence-electron chi connectivity index (χ4n) is 4.49. The first-order valence-corrected chi connectivity index (χ1v) is 8.01. The highest BCUT2D eigenvalue weighted by molar-refractivity contribution is 9.10. The van der Waals surface area contributed by atoms with E-state index in [1.807, 2.05) is 6.20 Å². The summed E-state index contributed by atoms with van der Waals surface area (Å²) in [7, 11) is 0. The molecule has 0 aliphatic heterocycles. The third-order valence-corrected chi connectivity index (χ3v) is 6.03. The highest BCUT2D eigenvalue weighted by atomic mass is 79.9. The standard InChI is InChI=1S/C16H23BrN2/c1-10-7-12(17)9-18-13(10)19-14-15(2,3)11-5-6-16(14,4)8-11/h7,9,11,14H,5-6,8H2,1-4H3,(H,18,19). The van der Waals surface area contributed by atoms with E-state index in [0.717, 1.165) is 16.2 Å². The molecule has 3 atom stereocenters. The summed E-state index contributed by atoms with van der Waals surface area (Å²) in [6.45, 7) is 9.43. The molecule has 0 radical (unpaired) electrons. The zero-order valence-corrected chi connectivity index (χ0v) is 13.8. The summed E-state index contributed by atoms with van der Waals surface area (Å²) >= 11 is 3.48. The van der Waals surface area contributed by atoms with Crippen LogP contribution >= 0.6 is 15.9 Å². The number of hydrogen-bond acceptors (Lipinski definition) is 2. The number of halogens is 1. The Morgan fingerprint density at radius 3 is 2.68 bits per heavy atom. The fourth-order valence-corrected chi connectivity index (χ4v) is 4.94. The van der Waals surface area contributed by atoms with Gasteiger partial charge in [0.1, 0.15) is 5.82 Å². The predicted molar refractivity (Wildman–Crippen MR) is 83.3 cm³/mol. The minimum absolute atomic E-state index is 0.369. The summed E-state index contributed by atoms with van der Waals surface area (Å²) < 4.78 is 1.05. The topological polar surface area (TPSA) is 24.9 Å². The van der Waals surface area contributed by atoms with E-state index in [2.05, 4.69) is 60.0 Å².